The summed E-state index contributed by atoms with van der Waals surface area (Å²) in [7, 11) is 0. The molecule has 1 aliphatic carbocycles. The van der Waals surface area contributed by atoms with Crippen molar-refractivity contribution in [2.45, 2.75) is 45.7 Å². The van der Waals surface area contributed by atoms with E-state index in [4.69, 9.17) is 0 Å². The van der Waals surface area contributed by atoms with Crippen LogP contribution in [-0.4, -0.2) is 6.17 Å². The van der Waals surface area contributed by atoms with Crippen molar-refractivity contribution >= 4 is 0 Å². The van der Waals surface area contributed by atoms with Crippen molar-refractivity contribution in [2.24, 2.45) is 5.92 Å². The molecule has 0 bridgehead atoms. The van der Waals surface area contributed by atoms with Gasteiger partial charge in [0.05, 0.1) is 0 Å². The molecule has 11 heavy (non-hydrogen) atoms. The SMILES string of the molecule is CCC1=CC[C@H](CC)CC1F. The predicted octanol–water partition coefficient (Wildman–Crippen LogP) is 3.48. The van der Waals surface area contributed by atoms with Gasteiger partial charge in [0.2, 0.25) is 0 Å². The Labute approximate surface area is 68.5 Å². The van der Waals surface area contributed by atoms with Crippen LogP contribution in [-0.2, 0) is 0 Å². The monoisotopic (exact) mass is 156 g/mol. The van der Waals surface area contributed by atoms with E-state index in [0.717, 1.165) is 31.3 Å². The topological polar surface area (TPSA) is 0 Å². The van der Waals surface area contributed by atoms with Crippen LogP contribution in [0.3, 0.4) is 0 Å². The van der Waals surface area contributed by atoms with Crippen LogP contribution >= 0.6 is 0 Å². The van der Waals surface area contributed by atoms with Crippen molar-refractivity contribution in [1.82, 2.24) is 0 Å². The van der Waals surface area contributed by atoms with Crippen molar-refractivity contribution in [3.05, 3.63) is 11.6 Å². The van der Waals surface area contributed by atoms with Crippen molar-refractivity contribution in [3.63, 3.8) is 0 Å². The van der Waals surface area contributed by atoms with Crippen molar-refractivity contribution in [1.29, 1.82) is 0 Å². The van der Waals surface area contributed by atoms with Gasteiger partial charge in [-0.3, -0.25) is 0 Å². The first kappa shape index (κ1) is 8.76. The lowest BCUT2D eigenvalue weighted by Crippen LogP contribution is -2.16. The normalized spacial score (nSPS) is 31.7. The molecule has 1 aliphatic rings. The molecule has 0 nitrogen and oxygen atoms in total. The molecule has 0 aromatic heterocycles. The zero-order valence-corrected chi connectivity index (χ0v) is 7.44. The molecule has 1 heteroatoms. The van der Waals surface area contributed by atoms with E-state index in [2.05, 4.69) is 13.0 Å². The first-order valence-corrected chi connectivity index (χ1v) is 4.60. The minimum atomic E-state index is -0.640. The molecule has 1 unspecified atom stereocenters. The lowest BCUT2D eigenvalue weighted by atomic mass is 9.86. The lowest BCUT2D eigenvalue weighted by molar-refractivity contribution is 0.279. The summed E-state index contributed by atoms with van der Waals surface area (Å²) < 4.78 is 13.2. The fourth-order valence-electron chi connectivity index (χ4n) is 1.69. The Balaban J connectivity index is 2.53. The molecule has 0 spiro atoms. The van der Waals surface area contributed by atoms with Gasteiger partial charge in [-0.05, 0) is 30.8 Å². The van der Waals surface area contributed by atoms with Crippen LogP contribution < -0.4 is 0 Å². The van der Waals surface area contributed by atoms with Gasteiger partial charge in [0, 0.05) is 0 Å². The maximum absolute atomic E-state index is 13.2. The van der Waals surface area contributed by atoms with Gasteiger partial charge in [-0.1, -0.05) is 26.3 Å². The fraction of sp³-hybridized carbons (Fsp3) is 0.800. The van der Waals surface area contributed by atoms with Crippen LogP contribution in [0.4, 0.5) is 4.39 Å². The Kier molecular flexibility index (Phi) is 3.10. The second kappa shape index (κ2) is 3.89. The van der Waals surface area contributed by atoms with Gasteiger partial charge in [-0.15, -0.1) is 0 Å². The van der Waals surface area contributed by atoms with Crippen LogP contribution in [0.2, 0.25) is 0 Å². The van der Waals surface area contributed by atoms with Crippen LogP contribution in [0.15, 0.2) is 11.6 Å². The van der Waals surface area contributed by atoms with E-state index >= 15 is 0 Å². The number of rotatable bonds is 2. The number of halogens is 1. The second-order valence-electron chi connectivity index (χ2n) is 3.35. The highest BCUT2D eigenvalue weighted by molar-refractivity contribution is 5.11. The Morgan fingerprint density at radius 3 is 2.73 bits per heavy atom. The molecule has 0 aliphatic heterocycles. The summed E-state index contributed by atoms with van der Waals surface area (Å²) >= 11 is 0. The van der Waals surface area contributed by atoms with E-state index in [1.165, 1.54) is 0 Å². The standard InChI is InChI=1S/C10H17F/c1-3-8-5-6-9(4-2)10(11)7-8/h6,8,10H,3-5,7H2,1-2H3/t8-,10?/m0/s1. The van der Waals surface area contributed by atoms with E-state index in [-0.39, 0.29) is 0 Å². The third kappa shape index (κ3) is 2.05. The van der Waals surface area contributed by atoms with E-state index in [0.29, 0.717) is 5.92 Å². The number of allylic oxidation sites excluding steroid dienone is 2. The van der Waals surface area contributed by atoms with Crippen molar-refractivity contribution in [2.75, 3.05) is 0 Å². The van der Waals surface area contributed by atoms with Gasteiger partial charge in [-0.25, -0.2) is 4.39 Å². The number of hydrogen-bond donors (Lipinski definition) is 0. The smallest absolute Gasteiger partial charge is 0.121 e. The van der Waals surface area contributed by atoms with Gasteiger partial charge < -0.3 is 0 Å². The molecule has 0 aromatic carbocycles. The summed E-state index contributed by atoms with van der Waals surface area (Å²) in [6.07, 6.45) is 5.32. The molecule has 0 heterocycles. The minimum Gasteiger partial charge on any atom is -0.243 e. The van der Waals surface area contributed by atoms with E-state index < -0.39 is 6.17 Å². The summed E-state index contributed by atoms with van der Waals surface area (Å²) in [6.45, 7) is 4.17. The van der Waals surface area contributed by atoms with Crippen molar-refractivity contribution in [3.8, 4) is 0 Å². The van der Waals surface area contributed by atoms with Crippen LogP contribution in [0, 0.1) is 5.92 Å². The zero-order valence-electron chi connectivity index (χ0n) is 7.44. The summed E-state index contributed by atoms with van der Waals surface area (Å²) in [5.74, 6) is 0.597. The maximum Gasteiger partial charge on any atom is 0.121 e. The maximum atomic E-state index is 13.2. The first-order chi connectivity index (χ1) is 5.27. The van der Waals surface area contributed by atoms with Gasteiger partial charge in [0.25, 0.3) is 0 Å². The summed E-state index contributed by atoms with van der Waals surface area (Å²) in [5, 5.41) is 0. The van der Waals surface area contributed by atoms with Crippen LogP contribution in [0.5, 0.6) is 0 Å². The Morgan fingerprint density at radius 1 is 1.55 bits per heavy atom. The molecular weight excluding hydrogens is 139 g/mol. The number of hydrogen-bond acceptors (Lipinski definition) is 0. The third-order valence-corrected chi connectivity index (χ3v) is 2.64. The molecule has 2 atom stereocenters. The van der Waals surface area contributed by atoms with Gasteiger partial charge in [-0.2, -0.15) is 0 Å². The van der Waals surface area contributed by atoms with Crippen molar-refractivity contribution < 1.29 is 4.39 Å². The summed E-state index contributed by atoms with van der Waals surface area (Å²) in [5.41, 5.74) is 1.02. The molecule has 0 N–H and O–H groups in total. The highest BCUT2D eigenvalue weighted by Crippen LogP contribution is 2.29. The molecule has 0 aromatic rings. The predicted molar refractivity (Wildman–Crippen MR) is 46.3 cm³/mol. The minimum absolute atomic E-state index is 0.597. The Hall–Kier alpha value is -0.330. The molecular formula is C10H17F. The highest BCUT2D eigenvalue weighted by Gasteiger charge is 2.21. The van der Waals surface area contributed by atoms with Gasteiger partial charge >= 0.3 is 0 Å². The van der Waals surface area contributed by atoms with Crippen LogP contribution in [0.1, 0.15) is 39.5 Å². The Morgan fingerprint density at radius 2 is 2.27 bits per heavy atom. The first-order valence-electron chi connectivity index (χ1n) is 4.60. The third-order valence-electron chi connectivity index (χ3n) is 2.64. The molecule has 1 rings (SSSR count). The number of alkyl halides is 1. The molecule has 0 radical (unpaired) electrons. The molecule has 64 valence electrons. The average Bonchev–Trinajstić information content (AvgIpc) is 2.04. The largest absolute Gasteiger partial charge is 0.243 e. The zero-order chi connectivity index (χ0) is 8.27. The van der Waals surface area contributed by atoms with E-state index in [9.17, 15) is 4.39 Å². The van der Waals surface area contributed by atoms with Crippen LogP contribution in [0.25, 0.3) is 0 Å². The second-order valence-corrected chi connectivity index (χ2v) is 3.35. The Bertz CT molecular complexity index is 149. The molecule has 0 saturated heterocycles. The van der Waals surface area contributed by atoms with Gasteiger partial charge in [0.1, 0.15) is 6.17 Å². The lowest BCUT2D eigenvalue weighted by Gasteiger charge is -2.23. The molecule has 0 fully saturated rings. The average molecular weight is 156 g/mol. The highest BCUT2D eigenvalue weighted by atomic mass is 19.1. The summed E-state index contributed by atoms with van der Waals surface area (Å²) in [6, 6.07) is 0. The van der Waals surface area contributed by atoms with E-state index in [1.807, 2.05) is 6.92 Å². The summed E-state index contributed by atoms with van der Waals surface area (Å²) in [4.78, 5) is 0. The van der Waals surface area contributed by atoms with E-state index in [1.54, 1.807) is 0 Å². The molecule has 0 amide bonds. The fourth-order valence-corrected chi connectivity index (χ4v) is 1.69. The molecule has 0 saturated carbocycles. The quantitative estimate of drug-likeness (QED) is 0.537. The van der Waals surface area contributed by atoms with Gasteiger partial charge in [0.15, 0.2) is 0 Å².